The number of nitrogens with zero attached hydrogens (tertiary/aromatic N) is 1. The lowest BCUT2D eigenvalue weighted by molar-refractivity contribution is -0.147. The summed E-state index contributed by atoms with van der Waals surface area (Å²) in [5.41, 5.74) is 2.08. The van der Waals surface area contributed by atoms with Crippen molar-refractivity contribution in [3.05, 3.63) is 29.8 Å². The molecule has 24 heavy (non-hydrogen) atoms. The van der Waals surface area contributed by atoms with Gasteiger partial charge in [-0.15, -0.1) is 0 Å². The lowest BCUT2D eigenvalue weighted by Crippen LogP contribution is -2.47. The Morgan fingerprint density at radius 1 is 1.12 bits per heavy atom. The maximum atomic E-state index is 12.5. The van der Waals surface area contributed by atoms with Gasteiger partial charge in [-0.3, -0.25) is 14.5 Å². The van der Waals surface area contributed by atoms with E-state index in [4.69, 9.17) is 4.74 Å². The summed E-state index contributed by atoms with van der Waals surface area (Å²) >= 11 is 0. The molecule has 1 atom stereocenters. The Balaban J connectivity index is 1.87. The summed E-state index contributed by atoms with van der Waals surface area (Å²) in [6.07, 6.45) is 1.49. The van der Waals surface area contributed by atoms with Gasteiger partial charge in [0, 0.05) is 5.69 Å². The molecule has 0 saturated carbocycles. The van der Waals surface area contributed by atoms with E-state index in [0.717, 1.165) is 31.6 Å². The second kappa shape index (κ2) is 8.29. The molecule has 2 rings (SSSR count). The Morgan fingerprint density at radius 2 is 1.71 bits per heavy atom. The van der Waals surface area contributed by atoms with Crippen LogP contribution in [-0.4, -0.2) is 43.0 Å². The third-order valence-corrected chi connectivity index (χ3v) is 4.84. The number of hydrogen-bond donors (Lipinski definition) is 1. The van der Waals surface area contributed by atoms with E-state index in [1.807, 2.05) is 31.2 Å². The zero-order valence-corrected chi connectivity index (χ0v) is 15.0. The normalized spacial score (nSPS) is 17.5. The van der Waals surface area contributed by atoms with E-state index in [-0.39, 0.29) is 23.8 Å². The van der Waals surface area contributed by atoms with E-state index in [9.17, 15) is 9.59 Å². The molecule has 132 valence electrons. The van der Waals surface area contributed by atoms with Gasteiger partial charge in [0.1, 0.15) is 0 Å². The highest BCUT2D eigenvalue weighted by Crippen LogP contribution is 2.21. The van der Waals surface area contributed by atoms with E-state index >= 15 is 0 Å². The van der Waals surface area contributed by atoms with E-state index < -0.39 is 0 Å². The first-order valence-electron chi connectivity index (χ1n) is 8.65. The van der Waals surface area contributed by atoms with Crippen LogP contribution in [0.25, 0.3) is 0 Å². The van der Waals surface area contributed by atoms with Crippen molar-refractivity contribution < 1.29 is 14.3 Å². The van der Waals surface area contributed by atoms with Gasteiger partial charge in [0.2, 0.25) is 5.91 Å². The lowest BCUT2D eigenvalue weighted by atomic mass is 9.96. The summed E-state index contributed by atoms with van der Waals surface area (Å²) < 4.78 is 4.80. The molecule has 5 nitrogen and oxygen atoms in total. The third-order valence-electron chi connectivity index (χ3n) is 4.84. The van der Waals surface area contributed by atoms with Gasteiger partial charge in [0.05, 0.1) is 19.1 Å². The highest BCUT2D eigenvalue weighted by atomic mass is 16.5. The Bertz CT molecular complexity index is 560. The molecular formula is C19H28N2O3. The molecule has 0 unspecified atom stereocenters. The number of amides is 1. The van der Waals surface area contributed by atoms with Gasteiger partial charge in [-0.05, 0) is 56.5 Å². The number of ether oxygens (including phenoxy) is 1. The molecule has 1 aliphatic rings. The van der Waals surface area contributed by atoms with Gasteiger partial charge in [-0.25, -0.2) is 0 Å². The number of nitrogens with one attached hydrogen (secondary N) is 1. The van der Waals surface area contributed by atoms with Gasteiger partial charge >= 0.3 is 5.97 Å². The number of esters is 1. The van der Waals surface area contributed by atoms with Crippen LogP contribution in [0.3, 0.4) is 0 Å². The monoisotopic (exact) mass is 332 g/mol. The van der Waals surface area contributed by atoms with Crippen LogP contribution in [0.15, 0.2) is 24.3 Å². The van der Waals surface area contributed by atoms with Crippen LogP contribution in [0, 0.1) is 5.92 Å². The number of likely N-dealkylation sites (tertiary alicyclic amines) is 1. The minimum absolute atomic E-state index is 0.0104. The number of piperidine rings is 1. The average molecular weight is 332 g/mol. The van der Waals surface area contributed by atoms with Gasteiger partial charge in [0.25, 0.3) is 0 Å². The van der Waals surface area contributed by atoms with Gasteiger partial charge in [-0.1, -0.05) is 26.0 Å². The maximum Gasteiger partial charge on any atom is 0.308 e. The highest BCUT2D eigenvalue weighted by molar-refractivity contribution is 5.94. The van der Waals surface area contributed by atoms with Crippen molar-refractivity contribution in [2.45, 2.75) is 45.6 Å². The molecule has 1 amide bonds. The average Bonchev–Trinajstić information content (AvgIpc) is 2.61. The van der Waals surface area contributed by atoms with E-state index in [0.29, 0.717) is 5.92 Å². The number of benzene rings is 1. The Morgan fingerprint density at radius 3 is 2.21 bits per heavy atom. The standard InChI is InChI=1S/C19H28N2O3/c1-13(2)15-5-7-17(8-6-15)20-18(22)14(3)21-11-9-16(10-12-21)19(23)24-4/h5-8,13-14,16H,9-12H2,1-4H3,(H,20,22)/t14-/m1/s1. The van der Waals surface area contributed by atoms with Crippen LogP contribution >= 0.6 is 0 Å². The largest absolute Gasteiger partial charge is 0.469 e. The molecule has 0 spiro atoms. The highest BCUT2D eigenvalue weighted by Gasteiger charge is 2.30. The summed E-state index contributed by atoms with van der Waals surface area (Å²) in [7, 11) is 1.43. The van der Waals surface area contributed by atoms with Crippen LogP contribution in [0.1, 0.15) is 45.1 Å². The minimum atomic E-state index is -0.214. The molecule has 1 fully saturated rings. The lowest BCUT2D eigenvalue weighted by Gasteiger charge is -2.34. The third kappa shape index (κ3) is 4.57. The Kier molecular flexibility index (Phi) is 6.37. The fourth-order valence-corrected chi connectivity index (χ4v) is 3.05. The van der Waals surface area contributed by atoms with Crippen molar-refractivity contribution in [2.75, 3.05) is 25.5 Å². The molecule has 1 saturated heterocycles. The van der Waals surface area contributed by atoms with E-state index in [2.05, 4.69) is 24.1 Å². The molecule has 0 bridgehead atoms. The van der Waals surface area contributed by atoms with Crippen LogP contribution in [0.5, 0.6) is 0 Å². The molecule has 1 aliphatic heterocycles. The number of carbonyl (C=O) groups is 2. The predicted molar refractivity (Wildman–Crippen MR) is 94.9 cm³/mol. The molecule has 1 aromatic carbocycles. The fourth-order valence-electron chi connectivity index (χ4n) is 3.05. The zero-order valence-electron chi connectivity index (χ0n) is 15.0. The molecule has 1 aromatic rings. The van der Waals surface area contributed by atoms with Crippen molar-refractivity contribution in [3.63, 3.8) is 0 Å². The first-order chi connectivity index (χ1) is 11.4. The van der Waals surface area contributed by atoms with Gasteiger partial charge in [0.15, 0.2) is 0 Å². The fraction of sp³-hybridized carbons (Fsp3) is 0.579. The van der Waals surface area contributed by atoms with Crippen LogP contribution in [-0.2, 0) is 14.3 Å². The predicted octanol–water partition coefficient (Wildman–Crippen LogP) is 3.02. The van der Waals surface area contributed by atoms with Crippen molar-refractivity contribution in [1.29, 1.82) is 0 Å². The topological polar surface area (TPSA) is 58.6 Å². The summed E-state index contributed by atoms with van der Waals surface area (Å²) in [5, 5.41) is 2.98. The molecule has 1 heterocycles. The quantitative estimate of drug-likeness (QED) is 0.842. The molecule has 1 N–H and O–H groups in total. The summed E-state index contributed by atoms with van der Waals surface area (Å²) in [4.78, 5) is 26.2. The van der Waals surface area contributed by atoms with E-state index in [1.165, 1.54) is 12.7 Å². The van der Waals surface area contributed by atoms with Crippen molar-refractivity contribution in [3.8, 4) is 0 Å². The molecule has 0 radical (unpaired) electrons. The number of hydrogen-bond acceptors (Lipinski definition) is 4. The van der Waals surface area contributed by atoms with Gasteiger partial charge in [-0.2, -0.15) is 0 Å². The number of anilines is 1. The number of carbonyl (C=O) groups excluding carboxylic acids is 2. The first-order valence-corrected chi connectivity index (χ1v) is 8.65. The van der Waals surface area contributed by atoms with Gasteiger partial charge < -0.3 is 10.1 Å². The summed E-state index contributed by atoms with van der Waals surface area (Å²) in [6.45, 7) is 7.68. The Labute approximate surface area is 144 Å². The summed E-state index contributed by atoms with van der Waals surface area (Å²) in [5.74, 6) is 0.288. The van der Waals surface area contributed by atoms with Crippen LogP contribution in [0.2, 0.25) is 0 Å². The second-order valence-corrected chi connectivity index (χ2v) is 6.78. The van der Waals surface area contributed by atoms with Crippen molar-refractivity contribution >= 4 is 17.6 Å². The number of rotatable bonds is 5. The molecule has 0 aromatic heterocycles. The summed E-state index contributed by atoms with van der Waals surface area (Å²) in [6, 6.07) is 7.78. The maximum absolute atomic E-state index is 12.5. The first kappa shape index (κ1) is 18.5. The molecule has 5 heteroatoms. The minimum Gasteiger partial charge on any atom is -0.469 e. The zero-order chi connectivity index (χ0) is 17.7. The molecular weight excluding hydrogens is 304 g/mol. The van der Waals surface area contributed by atoms with Crippen LogP contribution < -0.4 is 5.32 Å². The molecule has 0 aliphatic carbocycles. The smallest absolute Gasteiger partial charge is 0.308 e. The van der Waals surface area contributed by atoms with Crippen molar-refractivity contribution in [1.82, 2.24) is 4.90 Å². The van der Waals surface area contributed by atoms with Crippen LogP contribution in [0.4, 0.5) is 5.69 Å². The van der Waals surface area contributed by atoms with Crippen molar-refractivity contribution in [2.24, 2.45) is 5.92 Å². The van der Waals surface area contributed by atoms with E-state index in [1.54, 1.807) is 0 Å². The number of methoxy groups -OCH3 is 1. The SMILES string of the molecule is COC(=O)C1CCN([C@H](C)C(=O)Nc2ccc(C(C)C)cc2)CC1. The second-order valence-electron chi connectivity index (χ2n) is 6.78. The Hall–Kier alpha value is -1.88.